The van der Waals surface area contributed by atoms with Crippen LogP contribution in [0.5, 0.6) is 5.75 Å². The summed E-state index contributed by atoms with van der Waals surface area (Å²) in [4.78, 5) is 0. The van der Waals surface area contributed by atoms with E-state index in [-0.39, 0.29) is 12.1 Å². The normalized spacial score (nSPS) is 17.2. The Kier molecular flexibility index (Phi) is 6.54. The number of fused-ring (bicyclic) bond motifs is 1. The predicted octanol–water partition coefficient (Wildman–Crippen LogP) is 5.18. The summed E-state index contributed by atoms with van der Waals surface area (Å²) in [6.45, 7) is 1.96. The molecule has 1 aliphatic rings. The van der Waals surface area contributed by atoms with E-state index in [1.165, 1.54) is 12.1 Å². The van der Waals surface area contributed by atoms with E-state index in [2.05, 4.69) is 10.2 Å². The molecule has 1 N–H and O–H groups in total. The van der Waals surface area contributed by atoms with Crippen molar-refractivity contribution in [2.45, 2.75) is 32.0 Å². The van der Waals surface area contributed by atoms with E-state index in [1.807, 2.05) is 30.4 Å². The van der Waals surface area contributed by atoms with E-state index in [0.29, 0.717) is 13.2 Å². The molecule has 1 saturated heterocycles. The second-order valence-electron chi connectivity index (χ2n) is 7.04. The number of halogens is 1. The zero-order valence-electron chi connectivity index (χ0n) is 16.3. The fraction of sp³-hybridized carbons (Fsp3) is 0.348. The summed E-state index contributed by atoms with van der Waals surface area (Å²) >= 11 is 0. The van der Waals surface area contributed by atoms with Crippen LogP contribution in [0.25, 0.3) is 23.1 Å². The van der Waals surface area contributed by atoms with E-state index < -0.39 is 0 Å². The molecule has 0 saturated carbocycles. The fourth-order valence-electron chi connectivity index (χ4n) is 3.35. The number of ether oxygens (including phenoxy) is 3. The molecule has 152 valence electrons. The third-order valence-corrected chi connectivity index (χ3v) is 4.87. The van der Waals surface area contributed by atoms with Crippen molar-refractivity contribution in [3.05, 3.63) is 59.5 Å². The van der Waals surface area contributed by atoms with Crippen LogP contribution in [0, 0.1) is 5.82 Å². The van der Waals surface area contributed by atoms with Crippen LogP contribution in [0.1, 0.15) is 36.9 Å². The second kappa shape index (κ2) is 9.67. The molecule has 5 nitrogen and oxygen atoms in total. The Hall–Kier alpha value is -2.70. The summed E-state index contributed by atoms with van der Waals surface area (Å²) in [6.07, 6.45) is 7.79. The Labute approximate surface area is 169 Å². The average Bonchev–Trinajstić information content (AvgIpc) is 3.18. The molecule has 0 radical (unpaired) electrons. The van der Waals surface area contributed by atoms with Crippen LogP contribution < -0.4 is 4.74 Å². The van der Waals surface area contributed by atoms with Crippen LogP contribution >= 0.6 is 0 Å². The topological polar surface area (TPSA) is 56.4 Å². The molecule has 0 aliphatic carbocycles. The maximum atomic E-state index is 13.1. The van der Waals surface area contributed by atoms with Gasteiger partial charge in [0, 0.05) is 13.0 Å². The van der Waals surface area contributed by atoms with Gasteiger partial charge in [0.1, 0.15) is 11.6 Å². The lowest BCUT2D eigenvalue weighted by atomic mass is 10.1. The van der Waals surface area contributed by atoms with Gasteiger partial charge in [0.05, 0.1) is 29.8 Å². The van der Waals surface area contributed by atoms with Gasteiger partial charge in [-0.25, -0.2) is 4.39 Å². The monoisotopic (exact) mass is 396 g/mol. The highest BCUT2D eigenvalue weighted by atomic mass is 19.1. The number of nitrogens with zero attached hydrogens (tertiary/aromatic N) is 1. The van der Waals surface area contributed by atoms with Crippen molar-refractivity contribution in [3.8, 4) is 5.75 Å². The van der Waals surface area contributed by atoms with E-state index >= 15 is 0 Å². The smallest absolute Gasteiger partial charge is 0.157 e. The van der Waals surface area contributed by atoms with Crippen LogP contribution in [0.4, 0.5) is 4.39 Å². The molecule has 2 aromatic carbocycles. The molecular weight excluding hydrogens is 371 g/mol. The van der Waals surface area contributed by atoms with E-state index in [1.54, 1.807) is 12.1 Å². The number of aromatic amines is 1. The standard InChI is InChI=1S/C23H25FN2O3/c24-18-11-8-17(9-12-18)10-13-20-23-19(25-26-20)5-3-6-21(23)27-15-4-16-29-22-7-1-2-14-28-22/h3,5-6,8-13,22H,1-2,4,7,14-16H2,(H,25,26)/b13-10+. The molecular formula is C23H25FN2O3. The molecule has 1 aliphatic heterocycles. The van der Waals surface area contributed by atoms with Crippen molar-refractivity contribution >= 4 is 23.1 Å². The molecule has 2 heterocycles. The highest BCUT2D eigenvalue weighted by Crippen LogP contribution is 2.28. The van der Waals surface area contributed by atoms with Crippen LogP contribution in [-0.2, 0) is 9.47 Å². The maximum Gasteiger partial charge on any atom is 0.157 e. The Morgan fingerprint density at radius 1 is 1.10 bits per heavy atom. The first-order valence-corrected chi connectivity index (χ1v) is 10.1. The van der Waals surface area contributed by atoms with Crippen molar-refractivity contribution in [3.63, 3.8) is 0 Å². The molecule has 0 bridgehead atoms. The average molecular weight is 396 g/mol. The number of hydrogen-bond donors (Lipinski definition) is 1. The highest BCUT2D eigenvalue weighted by molar-refractivity contribution is 5.94. The lowest BCUT2D eigenvalue weighted by molar-refractivity contribution is -0.163. The molecule has 1 aromatic heterocycles. The van der Waals surface area contributed by atoms with Crippen LogP contribution in [0.2, 0.25) is 0 Å². The predicted molar refractivity (Wildman–Crippen MR) is 111 cm³/mol. The van der Waals surface area contributed by atoms with Crippen molar-refractivity contribution in [1.29, 1.82) is 0 Å². The maximum absolute atomic E-state index is 13.1. The molecule has 1 fully saturated rings. The third kappa shape index (κ3) is 5.22. The van der Waals surface area contributed by atoms with Gasteiger partial charge >= 0.3 is 0 Å². The van der Waals surface area contributed by atoms with Crippen molar-refractivity contribution < 1.29 is 18.6 Å². The number of H-pyrrole nitrogens is 1. The van der Waals surface area contributed by atoms with Crippen LogP contribution in [-0.4, -0.2) is 36.3 Å². The molecule has 3 aromatic rings. The highest BCUT2D eigenvalue weighted by Gasteiger charge is 2.14. The summed E-state index contributed by atoms with van der Waals surface area (Å²) in [7, 11) is 0. The number of nitrogens with one attached hydrogen (secondary N) is 1. The summed E-state index contributed by atoms with van der Waals surface area (Å²) in [5.74, 6) is 0.533. The Balaban J connectivity index is 1.37. The number of rotatable bonds is 8. The van der Waals surface area contributed by atoms with E-state index in [9.17, 15) is 4.39 Å². The first-order valence-electron chi connectivity index (χ1n) is 10.1. The van der Waals surface area contributed by atoms with E-state index in [0.717, 1.165) is 60.2 Å². The third-order valence-electron chi connectivity index (χ3n) is 4.87. The van der Waals surface area contributed by atoms with Gasteiger partial charge in [0.2, 0.25) is 0 Å². The zero-order chi connectivity index (χ0) is 19.9. The first-order chi connectivity index (χ1) is 14.3. The minimum absolute atomic E-state index is 0.0655. The van der Waals surface area contributed by atoms with Gasteiger partial charge in [-0.2, -0.15) is 5.10 Å². The van der Waals surface area contributed by atoms with Gasteiger partial charge in [-0.05, 0) is 55.2 Å². The van der Waals surface area contributed by atoms with Gasteiger partial charge in [-0.15, -0.1) is 0 Å². The fourth-order valence-corrected chi connectivity index (χ4v) is 3.35. The molecule has 0 spiro atoms. The zero-order valence-corrected chi connectivity index (χ0v) is 16.3. The molecule has 0 amide bonds. The summed E-state index contributed by atoms with van der Waals surface area (Å²) in [5, 5.41) is 8.36. The summed E-state index contributed by atoms with van der Waals surface area (Å²) < 4.78 is 30.4. The molecule has 1 atom stereocenters. The minimum atomic E-state index is -0.248. The molecule has 29 heavy (non-hydrogen) atoms. The van der Waals surface area contributed by atoms with Gasteiger partial charge in [0.25, 0.3) is 0 Å². The van der Waals surface area contributed by atoms with Crippen molar-refractivity contribution in [2.24, 2.45) is 0 Å². The van der Waals surface area contributed by atoms with Gasteiger partial charge < -0.3 is 14.2 Å². The van der Waals surface area contributed by atoms with Gasteiger partial charge in [-0.3, -0.25) is 5.10 Å². The summed E-state index contributed by atoms with van der Waals surface area (Å²) in [6, 6.07) is 12.2. The van der Waals surface area contributed by atoms with E-state index in [4.69, 9.17) is 14.2 Å². The number of hydrogen-bond acceptors (Lipinski definition) is 4. The lowest BCUT2D eigenvalue weighted by Gasteiger charge is -2.22. The van der Waals surface area contributed by atoms with Crippen LogP contribution in [0.15, 0.2) is 42.5 Å². The Morgan fingerprint density at radius 3 is 2.83 bits per heavy atom. The molecule has 1 unspecified atom stereocenters. The summed E-state index contributed by atoms with van der Waals surface area (Å²) in [5.41, 5.74) is 2.60. The number of aromatic nitrogens is 2. The lowest BCUT2D eigenvalue weighted by Crippen LogP contribution is -2.23. The first kappa shape index (κ1) is 19.6. The number of benzene rings is 2. The van der Waals surface area contributed by atoms with Crippen molar-refractivity contribution in [2.75, 3.05) is 19.8 Å². The Morgan fingerprint density at radius 2 is 2.00 bits per heavy atom. The minimum Gasteiger partial charge on any atom is -0.493 e. The second-order valence-corrected chi connectivity index (χ2v) is 7.04. The molecule has 4 rings (SSSR count). The quantitative estimate of drug-likeness (QED) is 0.533. The molecule has 6 heteroatoms. The van der Waals surface area contributed by atoms with Crippen molar-refractivity contribution in [1.82, 2.24) is 10.2 Å². The van der Waals surface area contributed by atoms with Gasteiger partial charge in [0.15, 0.2) is 6.29 Å². The van der Waals surface area contributed by atoms with Gasteiger partial charge in [-0.1, -0.05) is 24.3 Å². The SMILES string of the molecule is Fc1ccc(/C=C/c2n[nH]c3cccc(OCCCOC4CCCCO4)c23)cc1. The Bertz CT molecular complexity index is 946. The van der Waals surface area contributed by atoms with Crippen LogP contribution in [0.3, 0.4) is 0 Å². The largest absolute Gasteiger partial charge is 0.493 e.